The highest BCUT2D eigenvalue weighted by Crippen LogP contribution is 2.47. The van der Waals surface area contributed by atoms with Gasteiger partial charge in [-0.2, -0.15) is 0 Å². The van der Waals surface area contributed by atoms with Gasteiger partial charge < -0.3 is 79.1 Å². The Bertz CT molecular complexity index is 1360. The summed E-state index contributed by atoms with van der Waals surface area (Å²) < 4.78 is 38.5. The van der Waals surface area contributed by atoms with Crippen LogP contribution in [0.1, 0.15) is 17.2 Å². The van der Waals surface area contributed by atoms with Crippen LogP contribution in [0.4, 0.5) is 0 Å². The number of fused-ring (bicyclic) bond motifs is 1. The Morgan fingerprint density at radius 3 is 1.87 bits per heavy atom. The topological polar surface area (TPSA) is 250 Å². The van der Waals surface area contributed by atoms with E-state index >= 15 is 0 Å². The van der Waals surface area contributed by atoms with Gasteiger partial charge in [0.1, 0.15) is 65.9 Å². The highest BCUT2D eigenvalue weighted by atomic mass is 16.7. The molecule has 11 unspecified atom stereocenters. The summed E-state index contributed by atoms with van der Waals surface area (Å²) in [6, 6.07) is 7.43. The average Bonchev–Trinajstić information content (AvgIpc) is 3.05. The summed E-state index contributed by atoms with van der Waals surface area (Å²) in [4.78, 5) is 0. The summed E-state index contributed by atoms with van der Waals surface area (Å²) in [7, 11) is 2.76. The van der Waals surface area contributed by atoms with Crippen LogP contribution in [-0.4, -0.2) is 140 Å². The van der Waals surface area contributed by atoms with Crippen LogP contribution in [0, 0.1) is 0 Å². The fourth-order valence-corrected chi connectivity index (χ4v) is 5.27. The fraction of sp³-hybridized carbons (Fsp3) is 0.517. The number of aliphatic hydroxyl groups excluding tert-OH is 8. The Morgan fingerprint density at radius 1 is 0.711 bits per heavy atom. The normalized spacial score (nSPS) is 34.6. The van der Waals surface area contributed by atoms with E-state index < -0.39 is 80.7 Å². The van der Waals surface area contributed by atoms with Gasteiger partial charge in [-0.3, -0.25) is 0 Å². The Hall–Kier alpha value is -3.42. The Balaban J connectivity index is 1.57. The van der Waals surface area contributed by atoms with E-state index in [-0.39, 0.29) is 40.1 Å². The molecule has 2 fully saturated rings. The summed E-state index contributed by atoms with van der Waals surface area (Å²) in [6.07, 6.45) is -15.3. The molecule has 10 N–H and O–H groups in total. The minimum absolute atomic E-state index is 0.00840. The number of hydrogen-bond donors (Lipinski definition) is 9. The molecule has 0 bridgehead atoms. The zero-order chi connectivity index (χ0) is 32.6. The molecule has 5 rings (SSSR count). The molecule has 0 radical (unpaired) electrons. The van der Waals surface area contributed by atoms with Gasteiger partial charge in [-0.15, -0.1) is 0 Å². The van der Waals surface area contributed by atoms with Gasteiger partial charge in [-0.05, 0) is 18.2 Å². The van der Waals surface area contributed by atoms with Gasteiger partial charge in [-0.1, -0.05) is 0 Å². The van der Waals surface area contributed by atoms with Crippen molar-refractivity contribution in [3.05, 3.63) is 47.2 Å². The van der Waals surface area contributed by atoms with Gasteiger partial charge in [0.05, 0.1) is 39.1 Å². The van der Waals surface area contributed by atoms with Gasteiger partial charge in [-0.25, -0.2) is 0 Å². The maximum absolute atomic E-state index is 10.7. The first-order valence-electron chi connectivity index (χ1n) is 14.0. The van der Waals surface area contributed by atoms with Crippen LogP contribution in [0.2, 0.25) is 0 Å². The molecule has 248 valence electrons. The van der Waals surface area contributed by atoms with Gasteiger partial charge in [0, 0.05) is 12.1 Å². The van der Waals surface area contributed by atoms with Gasteiger partial charge >= 0.3 is 0 Å². The molecule has 2 aromatic rings. The molecule has 3 heterocycles. The molecule has 0 amide bonds. The van der Waals surface area contributed by atoms with E-state index in [2.05, 4.69) is 0 Å². The third-order valence-electron chi connectivity index (χ3n) is 7.87. The van der Waals surface area contributed by atoms with Crippen molar-refractivity contribution in [3.8, 4) is 28.7 Å². The smallest absolute Gasteiger partial charge is 0.270 e. The van der Waals surface area contributed by atoms with Crippen molar-refractivity contribution in [2.75, 3.05) is 27.4 Å². The standard InChI is InChI=1S/C29H36O16/c1-39-12-6-15-13(16(7-12)42-28-25(37)23(35)21(33)19(9-30)44-28)8-18(27(41-15)11-3-4-14(32)17(5-11)40-2)43-29-26(38)24(36)22(34)20(10-31)45-29/h3-8,19-38H,9-10H2,1-2H3/p+1. The molecule has 0 spiro atoms. The molecule has 2 saturated heterocycles. The van der Waals surface area contributed by atoms with Crippen molar-refractivity contribution in [1.29, 1.82) is 0 Å². The lowest BCUT2D eigenvalue weighted by Gasteiger charge is -2.40. The van der Waals surface area contributed by atoms with Crippen molar-refractivity contribution < 1.29 is 79.1 Å². The number of aliphatic hydroxyl groups is 9. The van der Waals surface area contributed by atoms with E-state index in [0.29, 0.717) is 5.56 Å². The number of rotatable bonds is 9. The molecule has 2 aromatic carbocycles. The molecular formula is C29H37O16+. The molecule has 11 atom stereocenters. The average molecular weight is 642 g/mol. The SMILES string of the molecule is COc1cc(OC2OC(CO)C(O)C(O)C2O)c2c(c1)[OH+]C(c1ccc(O)c(OC)c1)C(OC1OC(CO)C(O)C(O)C1O)=C2. The van der Waals surface area contributed by atoms with Crippen molar-refractivity contribution >= 4 is 6.08 Å². The maximum Gasteiger partial charge on any atom is 0.270 e. The zero-order valence-electron chi connectivity index (χ0n) is 24.2. The van der Waals surface area contributed by atoms with Crippen LogP contribution in [0.25, 0.3) is 6.08 Å². The maximum atomic E-state index is 10.7. The molecular weight excluding hydrogens is 604 g/mol. The number of benzene rings is 2. The van der Waals surface area contributed by atoms with E-state index in [9.17, 15) is 46.0 Å². The Kier molecular flexibility index (Phi) is 9.90. The first kappa shape index (κ1) is 33.0. The number of aromatic hydroxyl groups is 2. The number of phenolic OH excluding ortho intramolecular Hbond substituents is 1. The summed E-state index contributed by atoms with van der Waals surface area (Å²) in [6.45, 7) is -1.36. The fourth-order valence-electron chi connectivity index (χ4n) is 5.27. The molecule has 0 saturated carbocycles. The lowest BCUT2D eigenvalue weighted by atomic mass is 9.98. The first-order chi connectivity index (χ1) is 21.5. The second-order valence-electron chi connectivity index (χ2n) is 10.7. The second-order valence-corrected chi connectivity index (χ2v) is 10.7. The van der Waals surface area contributed by atoms with E-state index in [1.165, 1.54) is 38.5 Å². The second kappa shape index (κ2) is 13.5. The Morgan fingerprint density at radius 2 is 1.31 bits per heavy atom. The van der Waals surface area contributed by atoms with E-state index in [0.717, 1.165) is 0 Å². The number of ether oxygens (including phenoxy) is 7. The molecule has 3 aliphatic heterocycles. The molecule has 16 nitrogen and oxygen atoms in total. The van der Waals surface area contributed by atoms with Crippen LogP contribution < -0.4 is 14.2 Å². The highest BCUT2D eigenvalue weighted by molar-refractivity contribution is 5.70. The van der Waals surface area contributed by atoms with Gasteiger partial charge in [0.15, 0.2) is 17.3 Å². The molecule has 0 aromatic heterocycles. The minimum atomic E-state index is -1.75. The largest absolute Gasteiger partial charge is 0.571 e. The first-order valence-corrected chi connectivity index (χ1v) is 14.0. The van der Waals surface area contributed by atoms with Crippen molar-refractivity contribution in [3.63, 3.8) is 0 Å². The monoisotopic (exact) mass is 641 g/mol. The predicted molar refractivity (Wildman–Crippen MR) is 149 cm³/mol. The molecule has 3 aliphatic rings. The van der Waals surface area contributed by atoms with Gasteiger partial charge in [0.2, 0.25) is 12.6 Å². The van der Waals surface area contributed by atoms with Crippen LogP contribution in [0.15, 0.2) is 36.1 Å². The summed E-state index contributed by atoms with van der Waals surface area (Å²) in [5.41, 5.74) is 0.694. The van der Waals surface area contributed by atoms with Crippen molar-refractivity contribution in [1.82, 2.24) is 0 Å². The molecule has 16 heteroatoms. The highest BCUT2D eigenvalue weighted by Gasteiger charge is 2.48. The zero-order valence-corrected chi connectivity index (χ0v) is 24.2. The van der Waals surface area contributed by atoms with Crippen LogP contribution in [-0.2, 0) is 14.2 Å². The van der Waals surface area contributed by atoms with Crippen LogP contribution >= 0.6 is 0 Å². The number of methoxy groups -OCH3 is 2. The van der Waals surface area contributed by atoms with E-state index in [4.69, 9.17) is 33.2 Å². The Labute approximate surface area is 256 Å². The quantitative estimate of drug-likeness (QED) is 0.131. The summed E-state index contributed by atoms with van der Waals surface area (Å²) in [5.74, 6) is 0.558. The minimum Gasteiger partial charge on any atom is -0.571 e. The predicted octanol–water partition coefficient (Wildman–Crippen LogP) is -2.26. The lowest BCUT2D eigenvalue weighted by Crippen LogP contribution is -2.60. The van der Waals surface area contributed by atoms with Crippen molar-refractivity contribution in [2.45, 2.75) is 67.5 Å². The third-order valence-corrected chi connectivity index (χ3v) is 7.87. The van der Waals surface area contributed by atoms with Crippen LogP contribution in [0.3, 0.4) is 0 Å². The third kappa shape index (κ3) is 6.34. The van der Waals surface area contributed by atoms with Gasteiger partial charge in [0.25, 0.3) is 11.9 Å². The van der Waals surface area contributed by atoms with E-state index in [1.54, 1.807) is 12.1 Å². The van der Waals surface area contributed by atoms with Crippen LogP contribution in [0.5, 0.6) is 28.7 Å². The summed E-state index contributed by atoms with van der Waals surface area (Å²) in [5, 5.41) is 91.7. The molecule has 0 aliphatic carbocycles. The van der Waals surface area contributed by atoms with Crippen molar-refractivity contribution in [2.24, 2.45) is 0 Å². The summed E-state index contributed by atoms with van der Waals surface area (Å²) >= 11 is 0. The molecule has 45 heavy (non-hydrogen) atoms. The van der Waals surface area contributed by atoms with E-state index in [1.807, 2.05) is 0 Å². The lowest BCUT2D eigenvalue weighted by molar-refractivity contribution is -0.295. The number of hydrogen-bond acceptors (Lipinski definition) is 15. The number of phenols is 1.